The normalized spacial score (nSPS) is 16.1. The summed E-state index contributed by atoms with van der Waals surface area (Å²) in [6.07, 6.45) is 2.95. The van der Waals surface area contributed by atoms with Crippen molar-refractivity contribution in [1.82, 2.24) is 10.3 Å². The number of hydrogen-bond donors (Lipinski definition) is 1. The Labute approximate surface area is 164 Å². The van der Waals surface area contributed by atoms with E-state index in [0.717, 1.165) is 45.6 Å². The third kappa shape index (κ3) is 3.91. The van der Waals surface area contributed by atoms with E-state index in [2.05, 4.69) is 32.3 Å². The number of ether oxygens (including phenoxy) is 1. The van der Waals surface area contributed by atoms with Gasteiger partial charge in [-0.05, 0) is 43.2 Å². The average Bonchev–Trinajstić information content (AvgIpc) is 3.05. The van der Waals surface area contributed by atoms with Crippen LogP contribution in [0.3, 0.4) is 0 Å². The van der Waals surface area contributed by atoms with Gasteiger partial charge in [0.1, 0.15) is 5.75 Å². The van der Waals surface area contributed by atoms with Crippen molar-refractivity contribution in [2.24, 2.45) is 0 Å². The monoisotopic (exact) mass is 430 g/mol. The van der Waals surface area contributed by atoms with E-state index in [0.29, 0.717) is 13.0 Å². The summed E-state index contributed by atoms with van der Waals surface area (Å²) in [6, 6.07) is 14.1. The Kier molecular flexibility index (Phi) is 5.22. The number of hydrogen-bond acceptors (Lipinski definition) is 4. The number of aromatic nitrogens is 1. The number of rotatable bonds is 5. The number of carbonyl (C=O) groups is 1. The molecule has 1 N–H and O–H groups in total. The van der Waals surface area contributed by atoms with Crippen LogP contribution in [0.2, 0.25) is 0 Å². The Balaban J connectivity index is 1.33. The smallest absolute Gasteiger partial charge is 0.220 e. The fourth-order valence-corrected chi connectivity index (χ4v) is 4.60. The molecule has 3 aromatic rings. The number of para-hydroxylation sites is 1. The Morgan fingerprint density at radius 3 is 3.08 bits per heavy atom. The molecule has 2 aromatic carbocycles. The maximum atomic E-state index is 12.4. The minimum Gasteiger partial charge on any atom is -0.493 e. The molecule has 0 saturated heterocycles. The Morgan fingerprint density at radius 2 is 2.19 bits per heavy atom. The number of thiazole rings is 1. The molecule has 134 valence electrons. The van der Waals surface area contributed by atoms with Crippen molar-refractivity contribution >= 4 is 43.4 Å². The van der Waals surface area contributed by atoms with Gasteiger partial charge in [-0.2, -0.15) is 0 Å². The summed E-state index contributed by atoms with van der Waals surface area (Å²) in [7, 11) is 0. The lowest BCUT2D eigenvalue weighted by Gasteiger charge is -2.27. The first kappa shape index (κ1) is 17.5. The molecular formula is C20H19BrN2O2S. The highest BCUT2D eigenvalue weighted by Crippen LogP contribution is 2.34. The molecule has 26 heavy (non-hydrogen) atoms. The van der Waals surface area contributed by atoms with E-state index in [-0.39, 0.29) is 11.9 Å². The first-order valence-corrected chi connectivity index (χ1v) is 10.4. The summed E-state index contributed by atoms with van der Waals surface area (Å²) in [5.74, 6) is 0.947. The summed E-state index contributed by atoms with van der Waals surface area (Å²) in [4.78, 5) is 17.0. The van der Waals surface area contributed by atoms with Gasteiger partial charge in [0, 0.05) is 22.9 Å². The zero-order valence-corrected chi connectivity index (χ0v) is 16.6. The van der Waals surface area contributed by atoms with Gasteiger partial charge in [0.25, 0.3) is 0 Å². The second-order valence-corrected chi connectivity index (χ2v) is 8.40. The highest BCUT2D eigenvalue weighted by atomic mass is 79.9. The van der Waals surface area contributed by atoms with Gasteiger partial charge in [0.15, 0.2) is 0 Å². The first-order valence-electron chi connectivity index (χ1n) is 8.75. The molecule has 2 heterocycles. The van der Waals surface area contributed by atoms with Crippen LogP contribution in [0, 0.1) is 0 Å². The van der Waals surface area contributed by atoms with Crippen LogP contribution in [-0.4, -0.2) is 17.5 Å². The van der Waals surface area contributed by atoms with E-state index in [1.807, 2.05) is 36.4 Å². The maximum Gasteiger partial charge on any atom is 0.220 e. The molecule has 4 rings (SSSR count). The van der Waals surface area contributed by atoms with Gasteiger partial charge in [0.2, 0.25) is 5.91 Å². The standard InChI is InChI=1S/C20H19BrN2O2S/c21-13-8-9-17-14(12-13)15(10-11-25-17)22-19(24)6-3-7-20-23-16-4-1-2-5-18(16)26-20/h1-2,4-5,8-9,12,15H,3,6-7,10-11H2,(H,22,24). The van der Waals surface area contributed by atoms with Gasteiger partial charge in [-0.3, -0.25) is 4.79 Å². The molecule has 0 bridgehead atoms. The molecule has 0 saturated carbocycles. The number of aryl methyl sites for hydroxylation is 1. The second-order valence-electron chi connectivity index (χ2n) is 6.37. The van der Waals surface area contributed by atoms with Gasteiger partial charge in [-0.1, -0.05) is 28.1 Å². The zero-order chi connectivity index (χ0) is 17.9. The molecule has 0 fully saturated rings. The summed E-state index contributed by atoms with van der Waals surface area (Å²) in [5.41, 5.74) is 2.09. The molecule has 0 aliphatic carbocycles. The van der Waals surface area contributed by atoms with Crippen molar-refractivity contribution in [3.8, 4) is 5.75 Å². The predicted octanol–water partition coefficient (Wildman–Crippen LogP) is 5.02. The van der Waals surface area contributed by atoms with Crippen LogP contribution in [0.1, 0.15) is 35.9 Å². The van der Waals surface area contributed by atoms with Crippen molar-refractivity contribution in [1.29, 1.82) is 0 Å². The van der Waals surface area contributed by atoms with E-state index in [1.165, 1.54) is 4.70 Å². The SMILES string of the molecule is O=C(CCCc1nc2ccccc2s1)NC1CCOc2ccc(Br)cc21. The van der Waals surface area contributed by atoms with E-state index < -0.39 is 0 Å². The number of nitrogens with zero attached hydrogens (tertiary/aromatic N) is 1. The Hall–Kier alpha value is -1.92. The number of nitrogens with one attached hydrogen (secondary N) is 1. The largest absolute Gasteiger partial charge is 0.493 e. The molecule has 1 aromatic heterocycles. The van der Waals surface area contributed by atoms with Crippen molar-refractivity contribution in [3.63, 3.8) is 0 Å². The average molecular weight is 431 g/mol. The third-order valence-electron chi connectivity index (χ3n) is 4.48. The first-order chi connectivity index (χ1) is 12.7. The lowest BCUT2D eigenvalue weighted by molar-refractivity contribution is -0.122. The molecule has 1 amide bonds. The fourth-order valence-electron chi connectivity index (χ4n) is 3.21. The van der Waals surface area contributed by atoms with Gasteiger partial charge >= 0.3 is 0 Å². The van der Waals surface area contributed by atoms with E-state index in [4.69, 9.17) is 4.74 Å². The molecule has 4 nitrogen and oxygen atoms in total. The quantitative estimate of drug-likeness (QED) is 0.617. The van der Waals surface area contributed by atoms with Crippen LogP contribution in [0.25, 0.3) is 10.2 Å². The lowest BCUT2D eigenvalue weighted by Crippen LogP contribution is -2.32. The Morgan fingerprint density at radius 1 is 1.31 bits per heavy atom. The molecule has 0 radical (unpaired) electrons. The van der Waals surface area contributed by atoms with Gasteiger partial charge in [-0.25, -0.2) is 4.98 Å². The second kappa shape index (κ2) is 7.76. The molecule has 1 aliphatic heterocycles. The van der Waals surface area contributed by atoms with Crippen molar-refractivity contribution in [3.05, 3.63) is 57.5 Å². The molecule has 1 aliphatic rings. The molecule has 0 spiro atoms. The number of halogens is 1. The molecular weight excluding hydrogens is 412 g/mol. The van der Waals surface area contributed by atoms with Crippen molar-refractivity contribution in [2.45, 2.75) is 31.7 Å². The maximum absolute atomic E-state index is 12.4. The minimum absolute atomic E-state index is 0.0196. The summed E-state index contributed by atoms with van der Waals surface area (Å²) in [5, 5.41) is 4.25. The minimum atomic E-state index is 0.0196. The summed E-state index contributed by atoms with van der Waals surface area (Å²) >= 11 is 5.20. The van der Waals surface area contributed by atoms with E-state index in [1.54, 1.807) is 11.3 Å². The topological polar surface area (TPSA) is 51.2 Å². The van der Waals surface area contributed by atoms with Crippen LogP contribution in [0.5, 0.6) is 5.75 Å². The van der Waals surface area contributed by atoms with Gasteiger partial charge in [0.05, 0.1) is 27.9 Å². The lowest BCUT2D eigenvalue weighted by atomic mass is 10.0. The van der Waals surface area contributed by atoms with E-state index >= 15 is 0 Å². The number of amides is 1. The van der Waals surface area contributed by atoms with E-state index in [9.17, 15) is 4.79 Å². The van der Waals surface area contributed by atoms with Crippen LogP contribution < -0.4 is 10.1 Å². The van der Waals surface area contributed by atoms with Crippen molar-refractivity contribution < 1.29 is 9.53 Å². The van der Waals surface area contributed by atoms with Crippen molar-refractivity contribution in [2.75, 3.05) is 6.61 Å². The zero-order valence-electron chi connectivity index (χ0n) is 14.2. The van der Waals surface area contributed by atoms with Crippen LogP contribution in [0.15, 0.2) is 46.9 Å². The predicted molar refractivity (Wildman–Crippen MR) is 108 cm³/mol. The molecule has 6 heteroatoms. The van der Waals surface area contributed by atoms with Crippen LogP contribution in [-0.2, 0) is 11.2 Å². The summed E-state index contributed by atoms with van der Waals surface area (Å²) in [6.45, 7) is 0.630. The molecule has 1 unspecified atom stereocenters. The van der Waals surface area contributed by atoms with Crippen LogP contribution in [0.4, 0.5) is 0 Å². The highest BCUT2D eigenvalue weighted by Gasteiger charge is 2.23. The number of fused-ring (bicyclic) bond motifs is 2. The van der Waals surface area contributed by atoms with Gasteiger partial charge in [-0.15, -0.1) is 11.3 Å². The Bertz CT molecular complexity index is 907. The number of carbonyl (C=O) groups excluding carboxylic acids is 1. The fraction of sp³-hybridized carbons (Fsp3) is 0.300. The van der Waals surface area contributed by atoms with Gasteiger partial charge < -0.3 is 10.1 Å². The number of benzene rings is 2. The highest BCUT2D eigenvalue weighted by molar-refractivity contribution is 9.10. The molecule has 1 atom stereocenters. The van der Waals surface area contributed by atoms with Crippen LogP contribution >= 0.6 is 27.3 Å². The third-order valence-corrected chi connectivity index (χ3v) is 6.07. The summed E-state index contributed by atoms with van der Waals surface area (Å²) < 4.78 is 7.88.